The molecule has 0 aromatic heterocycles. The summed E-state index contributed by atoms with van der Waals surface area (Å²) >= 11 is 5.20. The van der Waals surface area contributed by atoms with Gasteiger partial charge in [-0.15, -0.1) is 11.6 Å². The Morgan fingerprint density at radius 3 is 1.90 bits per heavy atom. The van der Waals surface area contributed by atoms with E-state index in [-0.39, 0.29) is 12.7 Å². The summed E-state index contributed by atoms with van der Waals surface area (Å²) in [5.41, 5.74) is 0. The molecule has 1 unspecified atom stereocenters. The van der Waals surface area contributed by atoms with Crippen molar-refractivity contribution in [1.82, 2.24) is 16.0 Å². The number of hydrogen-bond donors (Lipinski definition) is 5. The smallest absolute Gasteiger partial charge is 0.0672 e. The SMILES string of the molecule is CCC(O)CCl.CCCCNCCNCC.CNCCO. The third-order valence-corrected chi connectivity index (χ3v) is 2.80. The Kier molecular flexibility index (Phi) is 35.0. The summed E-state index contributed by atoms with van der Waals surface area (Å²) in [6.45, 7) is 11.6. The van der Waals surface area contributed by atoms with Gasteiger partial charge < -0.3 is 26.2 Å². The van der Waals surface area contributed by atoms with Crippen molar-refractivity contribution in [1.29, 1.82) is 0 Å². The standard InChI is InChI=1S/C8H20N2.C4H9ClO.C3H9NO/c1-3-5-6-10-8-7-9-4-2;1-2-4(6)3-5;1-4-2-3-5/h9-10H,3-8H2,1-2H3;4,6H,2-3H2,1H3;4-5H,2-3H2,1H3. The normalized spacial score (nSPS) is 11.0. The summed E-state index contributed by atoms with van der Waals surface area (Å²) in [7, 11) is 1.80. The molecule has 0 aliphatic carbocycles. The van der Waals surface area contributed by atoms with Crippen LogP contribution in [-0.4, -0.2) is 68.6 Å². The average Bonchev–Trinajstić information content (AvgIpc) is 2.52. The third kappa shape index (κ3) is 38.4. The molecule has 0 amide bonds. The predicted molar refractivity (Wildman–Crippen MR) is 94.4 cm³/mol. The molecule has 0 heterocycles. The molecule has 0 bridgehead atoms. The van der Waals surface area contributed by atoms with Crippen molar-refractivity contribution in [3.63, 3.8) is 0 Å². The first-order valence-electron chi connectivity index (χ1n) is 8.05. The molecule has 21 heavy (non-hydrogen) atoms. The number of rotatable bonds is 11. The van der Waals surface area contributed by atoms with E-state index in [2.05, 4.69) is 29.8 Å². The molecule has 0 fully saturated rings. The van der Waals surface area contributed by atoms with Crippen LogP contribution in [0, 0.1) is 0 Å². The molecule has 132 valence electrons. The zero-order valence-corrected chi connectivity index (χ0v) is 15.2. The maximum Gasteiger partial charge on any atom is 0.0672 e. The van der Waals surface area contributed by atoms with E-state index in [4.69, 9.17) is 21.8 Å². The second-order valence-electron chi connectivity index (χ2n) is 4.50. The van der Waals surface area contributed by atoms with Crippen molar-refractivity contribution in [2.75, 3.05) is 52.3 Å². The number of unbranched alkanes of at least 4 members (excludes halogenated alkanes) is 1. The molecular formula is C15H38ClN3O2. The molecule has 0 aromatic carbocycles. The molecule has 0 saturated heterocycles. The summed E-state index contributed by atoms with van der Waals surface area (Å²) in [6.07, 6.45) is 3.04. The van der Waals surface area contributed by atoms with Crippen LogP contribution in [0.25, 0.3) is 0 Å². The molecule has 0 aliphatic heterocycles. The van der Waals surface area contributed by atoms with Crippen molar-refractivity contribution in [3.8, 4) is 0 Å². The van der Waals surface area contributed by atoms with Gasteiger partial charge >= 0.3 is 0 Å². The van der Waals surface area contributed by atoms with Crippen LogP contribution in [-0.2, 0) is 0 Å². The van der Waals surface area contributed by atoms with Gasteiger partial charge in [0.15, 0.2) is 0 Å². The second-order valence-corrected chi connectivity index (χ2v) is 4.81. The fraction of sp³-hybridized carbons (Fsp3) is 1.00. The van der Waals surface area contributed by atoms with Crippen molar-refractivity contribution < 1.29 is 10.2 Å². The minimum Gasteiger partial charge on any atom is -0.395 e. The summed E-state index contributed by atoms with van der Waals surface area (Å²) in [5.74, 6) is 0.358. The zero-order chi connectivity index (χ0) is 16.8. The topological polar surface area (TPSA) is 76.5 Å². The molecule has 1 atom stereocenters. The highest BCUT2D eigenvalue weighted by Gasteiger charge is 1.92. The first-order chi connectivity index (χ1) is 10.1. The van der Waals surface area contributed by atoms with Gasteiger partial charge in [0.05, 0.1) is 12.7 Å². The van der Waals surface area contributed by atoms with Gasteiger partial charge in [0, 0.05) is 25.5 Å². The van der Waals surface area contributed by atoms with Gasteiger partial charge in [-0.1, -0.05) is 27.2 Å². The maximum absolute atomic E-state index is 8.53. The summed E-state index contributed by atoms with van der Waals surface area (Å²) < 4.78 is 0. The fourth-order valence-electron chi connectivity index (χ4n) is 1.00. The van der Waals surface area contributed by atoms with Gasteiger partial charge in [0.2, 0.25) is 0 Å². The van der Waals surface area contributed by atoms with E-state index < -0.39 is 0 Å². The number of halogens is 1. The number of aliphatic hydroxyl groups is 2. The lowest BCUT2D eigenvalue weighted by molar-refractivity contribution is 0.194. The molecule has 6 heteroatoms. The van der Waals surface area contributed by atoms with E-state index in [1.807, 2.05) is 6.92 Å². The van der Waals surface area contributed by atoms with E-state index in [0.717, 1.165) is 26.1 Å². The van der Waals surface area contributed by atoms with Crippen LogP contribution in [0.4, 0.5) is 0 Å². The maximum atomic E-state index is 8.53. The lowest BCUT2D eigenvalue weighted by atomic mass is 10.3. The van der Waals surface area contributed by atoms with Crippen LogP contribution in [0.15, 0.2) is 0 Å². The Labute approximate surface area is 136 Å². The highest BCUT2D eigenvalue weighted by atomic mass is 35.5. The second kappa shape index (κ2) is 28.3. The quantitative estimate of drug-likeness (QED) is 0.291. The van der Waals surface area contributed by atoms with E-state index in [9.17, 15) is 0 Å². The predicted octanol–water partition coefficient (Wildman–Crippen LogP) is 1.18. The molecule has 0 aliphatic rings. The van der Waals surface area contributed by atoms with Crippen molar-refractivity contribution in [3.05, 3.63) is 0 Å². The molecule has 5 N–H and O–H groups in total. The van der Waals surface area contributed by atoms with Crippen LogP contribution < -0.4 is 16.0 Å². The van der Waals surface area contributed by atoms with Gasteiger partial charge in [0.25, 0.3) is 0 Å². The fourth-order valence-corrected chi connectivity index (χ4v) is 1.22. The zero-order valence-electron chi connectivity index (χ0n) is 14.4. The number of hydrogen-bond acceptors (Lipinski definition) is 5. The first kappa shape index (κ1) is 26.0. The number of alkyl halides is 1. The highest BCUT2D eigenvalue weighted by molar-refractivity contribution is 6.18. The number of aliphatic hydroxyl groups excluding tert-OH is 2. The van der Waals surface area contributed by atoms with Gasteiger partial charge in [-0.2, -0.15) is 0 Å². The molecule has 0 spiro atoms. The lowest BCUT2D eigenvalue weighted by Gasteiger charge is -2.02. The van der Waals surface area contributed by atoms with E-state index in [1.54, 1.807) is 7.05 Å². The van der Waals surface area contributed by atoms with E-state index in [1.165, 1.54) is 19.4 Å². The Balaban J connectivity index is -0.000000252. The van der Waals surface area contributed by atoms with Crippen LogP contribution in [0.1, 0.15) is 40.0 Å². The van der Waals surface area contributed by atoms with E-state index in [0.29, 0.717) is 12.4 Å². The average molecular weight is 328 g/mol. The molecule has 0 radical (unpaired) electrons. The van der Waals surface area contributed by atoms with Crippen LogP contribution >= 0.6 is 11.6 Å². The number of likely N-dealkylation sites (N-methyl/N-ethyl adjacent to an activating group) is 2. The Morgan fingerprint density at radius 1 is 1.00 bits per heavy atom. The Morgan fingerprint density at radius 2 is 1.62 bits per heavy atom. The molecular weight excluding hydrogens is 290 g/mol. The monoisotopic (exact) mass is 327 g/mol. The lowest BCUT2D eigenvalue weighted by Crippen LogP contribution is -2.27. The van der Waals surface area contributed by atoms with Gasteiger partial charge in [-0.25, -0.2) is 0 Å². The third-order valence-electron chi connectivity index (χ3n) is 2.45. The van der Waals surface area contributed by atoms with Crippen LogP contribution in [0.2, 0.25) is 0 Å². The van der Waals surface area contributed by atoms with Crippen LogP contribution in [0.5, 0.6) is 0 Å². The summed E-state index contributed by atoms with van der Waals surface area (Å²) in [6, 6.07) is 0. The largest absolute Gasteiger partial charge is 0.395 e. The van der Waals surface area contributed by atoms with Crippen molar-refractivity contribution in [2.24, 2.45) is 0 Å². The van der Waals surface area contributed by atoms with Crippen molar-refractivity contribution >= 4 is 11.6 Å². The molecule has 0 rings (SSSR count). The van der Waals surface area contributed by atoms with Gasteiger partial charge in [-0.3, -0.25) is 0 Å². The van der Waals surface area contributed by atoms with Crippen molar-refractivity contribution in [2.45, 2.75) is 46.1 Å². The number of nitrogens with one attached hydrogen (secondary N) is 3. The highest BCUT2D eigenvalue weighted by Crippen LogP contribution is 1.90. The van der Waals surface area contributed by atoms with E-state index >= 15 is 0 Å². The van der Waals surface area contributed by atoms with Crippen LogP contribution in [0.3, 0.4) is 0 Å². The summed E-state index contributed by atoms with van der Waals surface area (Å²) in [5, 5.41) is 25.9. The molecule has 0 aromatic rings. The van der Waals surface area contributed by atoms with Gasteiger partial charge in [-0.05, 0) is 33.0 Å². The minimum atomic E-state index is -0.299. The Bertz CT molecular complexity index is 141. The van der Waals surface area contributed by atoms with Gasteiger partial charge in [0.1, 0.15) is 0 Å². The first-order valence-corrected chi connectivity index (χ1v) is 8.58. The molecule has 5 nitrogen and oxygen atoms in total. The molecule has 0 saturated carbocycles. The minimum absolute atomic E-state index is 0.233. The summed E-state index contributed by atoms with van der Waals surface area (Å²) in [4.78, 5) is 0. The Hall–Kier alpha value is 0.0900.